The van der Waals surface area contributed by atoms with Gasteiger partial charge in [-0.15, -0.1) is 0 Å². The van der Waals surface area contributed by atoms with E-state index in [4.69, 9.17) is 0 Å². The molecule has 0 aromatic rings. The predicted octanol–water partition coefficient (Wildman–Crippen LogP) is 2.06. The lowest BCUT2D eigenvalue weighted by atomic mass is 10.2. The zero-order chi connectivity index (χ0) is 13.5. The minimum absolute atomic E-state index is 0.0703. The second-order valence-corrected chi connectivity index (χ2v) is 11.8. The summed E-state index contributed by atoms with van der Waals surface area (Å²) >= 11 is 0. The Labute approximate surface area is 125 Å². The predicted molar refractivity (Wildman–Crippen MR) is 91.2 cm³/mol. The van der Waals surface area contributed by atoms with Crippen LogP contribution in [0.25, 0.3) is 0 Å². The lowest BCUT2D eigenvalue weighted by Crippen LogP contribution is -2.41. The maximum absolute atomic E-state index is 2.92. The van der Waals surface area contributed by atoms with Crippen LogP contribution in [0.15, 0.2) is 0 Å². The topological polar surface area (TPSA) is 6.48 Å². The maximum atomic E-state index is 2.92. The molecule has 19 heavy (non-hydrogen) atoms. The van der Waals surface area contributed by atoms with Crippen molar-refractivity contribution in [3.63, 3.8) is 0 Å². The van der Waals surface area contributed by atoms with Gasteiger partial charge < -0.3 is 9.13 Å². The summed E-state index contributed by atoms with van der Waals surface area (Å²) in [5.74, 6) is 0. The van der Waals surface area contributed by atoms with Crippen molar-refractivity contribution in [1.29, 1.82) is 0 Å². The highest BCUT2D eigenvalue weighted by molar-refractivity contribution is 6.52. The van der Waals surface area contributed by atoms with Crippen LogP contribution in [0.5, 0.6) is 0 Å². The fraction of sp³-hybridized carbons (Fsp3) is 1.00. The lowest BCUT2D eigenvalue weighted by molar-refractivity contribution is 0.342. The molecule has 2 aliphatic rings. The van der Waals surface area contributed by atoms with Gasteiger partial charge in [-0.3, -0.25) is 0 Å². The molecule has 2 saturated carbocycles. The average molecular weight is 299 g/mol. The van der Waals surface area contributed by atoms with Gasteiger partial charge in [-0.1, -0.05) is 39.5 Å². The summed E-state index contributed by atoms with van der Waals surface area (Å²) in [5, 5.41) is 0. The van der Waals surface area contributed by atoms with Gasteiger partial charge in [-0.2, -0.15) is 0 Å². The summed E-state index contributed by atoms with van der Waals surface area (Å²) in [7, 11) is 0.141. The molecule has 0 aliphatic heterocycles. The first-order valence-corrected chi connectivity index (χ1v) is 12.1. The van der Waals surface area contributed by atoms with E-state index in [1.54, 1.807) is 5.67 Å². The van der Waals surface area contributed by atoms with Crippen LogP contribution >= 0.6 is 0 Å². The normalized spacial score (nSPS) is 23.4. The summed E-state index contributed by atoms with van der Waals surface area (Å²) in [5.41, 5.74) is 1.65. The molecular formula is C15H34N2Si2. The third-order valence-corrected chi connectivity index (χ3v) is 11.0. The van der Waals surface area contributed by atoms with Crippen molar-refractivity contribution < 1.29 is 0 Å². The molecule has 0 heterocycles. The third kappa shape index (κ3) is 4.69. The highest BCUT2D eigenvalue weighted by Crippen LogP contribution is 2.24. The Morgan fingerprint density at radius 2 is 1.11 bits per heavy atom. The van der Waals surface area contributed by atoms with Gasteiger partial charge in [0.05, 0.1) is 19.4 Å². The molecule has 0 N–H and O–H groups in total. The molecule has 0 aromatic heterocycles. The molecule has 0 radical (unpaired) electrons. The van der Waals surface area contributed by atoms with Crippen molar-refractivity contribution in [1.82, 2.24) is 9.13 Å². The van der Waals surface area contributed by atoms with Gasteiger partial charge in [0.1, 0.15) is 0 Å². The van der Waals surface area contributed by atoms with E-state index in [2.05, 4.69) is 23.0 Å². The van der Waals surface area contributed by atoms with Gasteiger partial charge in [0.25, 0.3) is 0 Å². The van der Waals surface area contributed by atoms with E-state index in [9.17, 15) is 0 Å². The Morgan fingerprint density at radius 1 is 0.737 bits per heavy atom. The van der Waals surface area contributed by atoms with E-state index in [-0.39, 0.29) is 19.4 Å². The highest BCUT2D eigenvalue weighted by Gasteiger charge is 2.23. The standard InChI is InChI=1S/C15H34N2Si2/c1-3-16(14-9-5-6-10-14)18-13-19-17(4-2)15-11-7-8-12-15/h14-15H,3-13,18-19H2,1-2H3. The number of rotatable bonds is 8. The summed E-state index contributed by atoms with van der Waals surface area (Å²) in [6.45, 7) is 7.45. The molecule has 2 rings (SSSR count). The van der Waals surface area contributed by atoms with E-state index in [0.717, 1.165) is 12.1 Å². The molecule has 2 nitrogen and oxygen atoms in total. The minimum atomic E-state index is 0.0703. The molecule has 2 aliphatic carbocycles. The molecule has 0 aromatic carbocycles. The van der Waals surface area contributed by atoms with Crippen molar-refractivity contribution in [3.05, 3.63) is 0 Å². The Bertz CT molecular complexity index is 214. The molecule has 112 valence electrons. The molecule has 0 atom stereocenters. The molecule has 0 bridgehead atoms. The average Bonchev–Trinajstić information content (AvgIpc) is 3.12. The Balaban J connectivity index is 1.68. The maximum Gasteiger partial charge on any atom is 0.0935 e. The van der Waals surface area contributed by atoms with Gasteiger partial charge in [-0.25, -0.2) is 0 Å². The summed E-state index contributed by atoms with van der Waals surface area (Å²) in [6.07, 6.45) is 12.0. The van der Waals surface area contributed by atoms with Crippen LogP contribution in [0.3, 0.4) is 0 Å². The largest absolute Gasteiger partial charge is 0.327 e. The van der Waals surface area contributed by atoms with E-state index >= 15 is 0 Å². The second-order valence-electron chi connectivity index (χ2n) is 6.49. The summed E-state index contributed by atoms with van der Waals surface area (Å²) < 4.78 is 5.84. The van der Waals surface area contributed by atoms with Crippen molar-refractivity contribution in [3.8, 4) is 0 Å². The van der Waals surface area contributed by atoms with E-state index in [1.807, 2.05) is 0 Å². The van der Waals surface area contributed by atoms with Crippen LogP contribution in [0.4, 0.5) is 0 Å². The fourth-order valence-electron chi connectivity index (χ4n) is 4.21. The molecule has 0 amide bonds. The Morgan fingerprint density at radius 3 is 1.42 bits per heavy atom. The minimum Gasteiger partial charge on any atom is -0.327 e. The molecule has 2 fully saturated rings. The van der Waals surface area contributed by atoms with Gasteiger partial charge in [-0.05, 0) is 44.4 Å². The van der Waals surface area contributed by atoms with Crippen molar-refractivity contribution in [2.24, 2.45) is 0 Å². The van der Waals surface area contributed by atoms with Crippen LogP contribution < -0.4 is 0 Å². The number of hydrogen-bond acceptors (Lipinski definition) is 2. The van der Waals surface area contributed by atoms with Crippen LogP contribution in [-0.2, 0) is 0 Å². The zero-order valence-corrected chi connectivity index (χ0v) is 16.1. The van der Waals surface area contributed by atoms with Crippen LogP contribution in [0.2, 0.25) is 5.67 Å². The lowest BCUT2D eigenvalue weighted by Gasteiger charge is -2.30. The number of nitrogens with zero attached hydrogens (tertiary/aromatic N) is 2. The highest BCUT2D eigenvalue weighted by atomic mass is 28.3. The first-order chi connectivity index (χ1) is 9.35. The molecular weight excluding hydrogens is 264 g/mol. The molecule has 0 saturated heterocycles. The first kappa shape index (κ1) is 15.7. The number of hydrogen-bond donors (Lipinski definition) is 0. The van der Waals surface area contributed by atoms with E-state index in [0.29, 0.717) is 0 Å². The quantitative estimate of drug-likeness (QED) is 0.633. The van der Waals surface area contributed by atoms with Gasteiger partial charge in [0, 0.05) is 12.1 Å². The van der Waals surface area contributed by atoms with Crippen LogP contribution in [0, 0.1) is 0 Å². The van der Waals surface area contributed by atoms with Gasteiger partial charge in [0.2, 0.25) is 0 Å². The first-order valence-electron chi connectivity index (χ1n) is 8.83. The van der Waals surface area contributed by atoms with E-state index in [1.165, 1.54) is 64.5 Å². The molecule has 4 heteroatoms. The van der Waals surface area contributed by atoms with Gasteiger partial charge >= 0.3 is 0 Å². The molecule has 0 unspecified atom stereocenters. The van der Waals surface area contributed by atoms with Gasteiger partial charge in [0.15, 0.2) is 0 Å². The summed E-state index contributed by atoms with van der Waals surface area (Å²) in [6, 6.07) is 1.99. The van der Waals surface area contributed by atoms with Crippen LogP contribution in [0.1, 0.15) is 65.2 Å². The Kier molecular flexibility index (Phi) is 7.12. The van der Waals surface area contributed by atoms with Crippen molar-refractivity contribution in [2.75, 3.05) is 13.1 Å². The van der Waals surface area contributed by atoms with Crippen molar-refractivity contribution in [2.45, 2.75) is 83.0 Å². The molecule has 0 spiro atoms. The van der Waals surface area contributed by atoms with Crippen molar-refractivity contribution >= 4 is 19.4 Å². The summed E-state index contributed by atoms with van der Waals surface area (Å²) in [4.78, 5) is 0. The smallest absolute Gasteiger partial charge is 0.0935 e. The SMILES string of the molecule is CCN([SiH2]C[SiH2]N(CC)C1CCCC1)C1CCCC1. The zero-order valence-electron chi connectivity index (χ0n) is 13.2. The monoisotopic (exact) mass is 298 g/mol. The second kappa shape index (κ2) is 8.60. The van der Waals surface area contributed by atoms with E-state index < -0.39 is 0 Å². The fourth-order valence-corrected chi connectivity index (χ4v) is 10.1. The Hall–Kier alpha value is 0.354. The third-order valence-electron chi connectivity index (χ3n) is 5.39. The van der Waals surface area contributed by atoms with Crippen LogP contribution in [-0.4, -0.2) is 53.7 Å².